The van der Waals surface area contributed by atoms with Crippen LogP contribution >= 0.6 is 0 Å². The van der Waals surface area contributed by atoms with Crippen LogP contribution in [0.1, 0.15) is 47.4 Å². The summed E-state index contributed by atoms with van der Waals surface area (Å²) in [6, 6.07) is 7.54. The number of hydrogen-bond donors (Lipinski definition) is 1. The lowest BCUT2D eigenvalue weighted by molar-refractivity contribution is -0.143. The van der Waals surface area contributed by atoms with Crippen LogP contribution in [0.2, 0.25) is 0 Å². The van der Waals surface area contributed by atoms with Crippen LogP contribution in [0, 0.1) is 5.82 Å². The minimum Gasteiger partial charge on any atom is -0.474 e. The maximum atomic E-state index is 13.7. The number of alkyl halides is 3. The molecular formula is C21H19F4N5O2. The smallest absolute Gasteiger partial charge is 0.435 e. The number of benzene rings is 1. The molecule has 0 bridgehead atoms. The van der Waals surface area contributed by atoms with Crippen LogP contribution in [0.3, 0.4) is 0 Å². The first-order chi connectivity index (χ1) is 15.3. The number of hydrogen-bond acceptors (Lipinski definition) is 5. The van der Waals surface area contributed by atoms with Crippen LogP contribution in [0.25, 0.3) is 5.69 Å². The Morgan fingerprint density at radius 2 is 1.84 bits per heavy atom. The Morgan fingerprint density at radius 3 is 2.47 bits per heavy atom. The molecule has 0 atom stereocenters. The number of carbonyl (C=O) groups excluding carboxylic acids is 1. The van der Waals surface area contributed by atoms with E-state index in [0.29, 0.717) is 16.1 Å². The minimum atomic E-state index is -4.91. The van der Waals surface area contributed by atoms with Gasteiger partial charge in [-0.15, -0.1) is 5.10 Å². The topological polar surface area (TPSA) is 81.9 Å². The second kappa shape index (κ2) is 8.93. The highest BCUT2D eigenvalue weighted by molar-refractivity contribution is 5.93. The summed E-state index contributed by atoms with van der Waals surface area (Å²) in [5.74, 6) is -1.20. The number of aromatic nitrogens is 4. The third-order valence-electron chi connectivity index (χ3n) is 5.07. The molecule has 2 aromatic heterocycles. The molecule has 168 valence electrons. The fraction of sp³-hybridized carbons (Fsp3) is 0.333. The minimum absolute atomic E-state index is 0.0593. The molecule has 4 rings (SSSR count). The summed E-state index contributed by atoms with van der Waals surface area (Å²) in [5.41, 5.74) is -1.72. The number of nitrogens with one attached hydrogen (secondary N) is 1. The first-order valence-corrected chi connectivity index (χ1v) is 10.00. The molecule has 0 radical (unpaired) electrons. The van der Waals surface area contributed by atoms with Gasteiger partial charge in [-0.2, -0.15) is 13.2 Å². The Labute approximate surface area is 180 Å². The van der Waals surface area contributed by atoms with E-state index in [0.717, 1.165) is 49.9 Å². The average molecular weight is 449 g/mol. The SMILES string of the molecule is O=C(NCc1ccc(OC2CCCC2)nc1)c1nnn(-c2ccc(F)cc2)c1C(F)(F)F. The highest BCUT2D eigenvalue weighted by Crippen LogP contribution is 2.32. The molecule has 32 heavy (non-hydrogen) atoms. The van der Waals surface area contributed by atoms with Gasteiger partial charge in [-0.3, -0.25) is 4.79 Å². The standard InChI is InChI=1S/C21H19F4N5O2/c22-14-6-8-15(9-7-14)30-19(21(23,24)25)18(28-29-30)20(31)27-12-13-5-10-17(26-11-13)32-16-3-1-2-4-16/h5-11,16H,1-4,12H2,(H,27,31). The summed E-state index contributed by atoms with van der Waals surface area (Å²) in [6.45, 7) is -0.0593. The average Bonchev–Trinajstić information content (AvgIpc) is 3.43. The second-order valence-corrected chi connectivity index (χ2v) is 7.38. The van der Waals surface area contributed by atoms with Gasteiger partial charge in [-0.05, 0) is 55.5 Å². The number of carbonyl (C=O) groups is 1. The molecule has 1 aromatic carbocycles. The number of pyridine rings is 1. The van der Waals surface area contributed by atoms with Crippen molar-refractivity contribution < 1.29 is 27.1 Å². The zero-order valence-electron chi connectivity index (χ0n) is 16.8. The predicted octanol–water partition coefficient (Wildman–Crippen LogP) is 4.07. The molecule has 1 aliphatic carbocycles. The van der Waals surface area contributed by atoms with E-state index < -0.39 is 29.3 Å². The number of ether oxygens (including phenoxy) is 1. The van der Waals surface area contributed by atoms with E-state index in [1.54, 1.807) is 12.1 Å². The van der Waals surface area contributed by atoms with Crippen molar-refractivity contribution in [2.75, 3.05) is 0 Å². The lowest BCUT2D eigenvalue weighted by atomic mass is 10.2. The lowest BCUT2D eigenvalue weighted by Gasteiger charge is -2.12. The van der Waals surface area contributed by atoms with Crippen LogP contribution in [0.15, 0.2) is 42.6 Å². The predicted molar refractivity (Wildman–Crippen MR) is 105 cm³/mol. The molecule has 0 aliphatic heterocycles. The number of amides is 1. The van der Waals surface area contributed by atoms with Crippen LogP contribution in [0.4, 0.5) is 17.6 Å². The zero-order valence-corrected chi connectivity index (χ0v) is 16.8. The molecule has 0 spiro atoms. The molecule has 11 heteroatoms. The monoisotopic (exact) mass is 449 g/mol. The highest BCUT2D eigenvalue weighted by atomic mass is 19.4. The maximum Gasteiger partial charge on any atom is 0.435 e. The van der Waals surface area contributed by atoms with Crippen molar-refractivity contribution in [2.45, 2.75) is 44.5 Å². The van der Waals surface area contributed by atoms with Gasteiger partial charge in [-0.25, -0.2) is 14.1 Å². The third-order valence-corrected chi connectivity index (χ3v) is 5.07. The molecule has 1 saturated carbocycles. The molecule has 0 saturated heterocycles. The van der Waals surface area contributed by atoms with E-state index in [2.05, 4.69) is 20.6 Å². The molecule has 3 aromatic rings. The summed E-state index contributed by atoms with van der Waals surface area (Å²) >= 11 is 0. The van der Waals surface area contributed by atoms with Crippen LogP contribution < -0.4 is 10.1 Å². The van der Waals surface area contributed by atoms with Crippen LogP contribution in [-0.4, -0.2) is 32.0 Å². The van der Waals surface area contributed by atoms with E-state index in [4.69, 9.17) is 4.74 Å². The second-order valence-electron chi connectivity index (χ2n) is 7.38. The summed E-state index contributed by atoms with van der Waals surface area (Å²) in [4.78, 5) is 16.6. The fourth-order valence-electron chi connectivity index (χ4n) is 3.48. The lowest BCUT2D eigenvalue weighted by Crippen LogP contribution is -2.27. The van der Waals surface area contributed by atoms with Crippen molar-refractivity contribution in [1.29, 1.82) is 0 Å². The van der Waals surface area contributed by atoms with Crippen molar-refractivity contribution in [2.24, 2.45) is 0 Å². The van der Waals surface area contributed by atoms with Gasteiger partial charge < -0.3 is 10.1 Å². The summed E-state index contributed by atoms with van der Waals surface area (Å²) in [5, 5.41) is 9.27. The Morgan fingerprint density at radius 1 is 1.12 bits per heavy atom. The number of rotatable bonds is 6. The van der Waals surface area contributed by atoms with Gasteiger partial charge in [0.15, 0.2) is 11.4 Å². The molecule has 0 unspecified atom stereocenters. The first-order valence-electron chi connectivity index (χ1n) is 10.00. The molecule has 1 amide bonds. The van der Waals surface area contributed by atoms with Gasteiger partial charge in [0, 0.05) is 18.8 Å². The Balaban J connectivity index is 1.46. The van der Waals surface area contributed by atoms with Gasteiger partial charge in [0.25, 0.3) is 5.91 Å². The van der Waals surface area contributed by atoms with E-state index in [9.17, 15) is 22.4 Å². The van der Waals surface area contributed by atoms with Crippen molar-refractivity contribution >= 4 is 5.91 Å². The molecule has 1 fully saturated rings. The molecule has 2 heterocycles. The molecule has 1 N–H and O–H groups in total. The fourth-order valence-corrected chi connectivity index (χ4v) is 3.48. The zero-order chi connectivity index (χ0) is 22.7. The third kappa shape index (κ3) is 4.87. The van der Waals surface area contributed by atoms with Crippen molar-refractivity contribution in [3.05, 3.63) is 65.4 Å². The quantitative estimate of drug-likeness (QED) is 0.574. The number of halogens is 4. The van der Waals surface area contributed by atoms with Crippen molar-refractivity contribution in [3.8, 4) is 11.6 Å². The molecular weight excluding hydrogens is 430 g/mol. The Hall–Kier alpha value is -3.50. The van der Waals surface area contributed by atoms with E-state index in [1.165, 1.54) is 6.20 Å². The summed E-state index contributed by atoms with van der Waals surface area (Å²) in [7, 11) is 0. The Kier molecular flexibility index (Phi) is 6.06. The van der Waals surface area contributed by atoms with Gasteiger partial charge >= 0.3 is 6.18 Å². The van der Waals surface area contributed by atoms with E-state index in [-0.39, 0.29) is 18.3 Å². The van der Waals surface area contributed by atoms with Gasteiger partial charge in [-0.1, -0.05) is 11.3 Å². The number of nitrogens with zero attached hydrogens (tertiary/aromatic N) is 4. The van der Waals surface area contributed by atoms with E-state index in [1.807, 2.05) is 0 Å². The molecule has 1 aliphatic rings. The van der Waals surface area contributed by atoms with Crippen molar-refractivity contribution in [3.63, 3.8) is 0 Å². The maximum absolute atomic E-state index is 13.7. The summed E-state index contributed by atoms with van der Waals surface area (Å²) in [6.07, 6.45) is 0.952. The van der Waals surface area contributed by atoms with Gasteiger partial charge in [0.1, 0.15) is 11.9 Å². The first kappa shape index (κ1) is 21.7. The van der Waals surface area contributed by atoms with Crippen LogP contribution in [-0.2, 0) is 12.7 Å². The largest absolute Gasteiger partial charge is 0.474 e. The highest BCUT2D eigenvalue weighted by Gasteiger charge is 2.42. The van der Waals surface area contributed by atoms with Crippen molar-refractivity contribution in [1.82, 2.24) is 25.3 Å². The van der Waals surface area contributed by atoms with E-state index >= 15 is 0 Å². The van der Waals surface area contributed by atoms with Gasteiger partial charge in [0.05, 0.1) is 5.69 Å². The normalized spacial score (nSPS) is 14.5. The van der Waals surface area contributed by atoms with Crippen LogP contribution in [0.5, 0.6) is 5.88 Å². The Bertz CT molecular complexity index is 1080. The van der Waals surface area contributed by atoms with Gasteiger partial charge in [0.2, 0.25) is 5.88 Å². The molecule has 7 nitrogen and oxygen atoms in total. The summed E-state index contributed by atoms with van der Waals surface area (Å²) < 4.78 is 60.3.